The molecule has 1 aliphatic rings. The van der Waals surface area contributed by atoms with Gasteiger partial charge in [0.25, 0.3) is 0 Å². The van der Waals surface area contributed by atoms with Crippen molar-refractivity contribution in [2.45, 2.75) is 26.0 Å². The fourth-order valence-electron chi connectivity index (χ4n) is 2.51. The molecule has 0 radical (unpaired) electrons. The summed E-state index contributed by atoms with van der Waals surface area (Å²) < 4.78 is 5.78. The number of rotatable bonds is 4. The number of hydrogen-bond acceptors (Lipinski definition) is 5. The Kier molecular flexibility index (Phi) is 3.68. The third-order valence-corrected chi connectivity index (χ3v) is 4.55. The summed E-state index contributed by atoms with van der Waals surface area (Å²) in [5, 5.41) is 11.6. The molecule has 1 fully saturated rings. The van der Waals surface area contributed by atoms with Crippen LogP contribution in [-0.4, -0.2) is 34.2 Å². The van der Waals surface area contributed by atoms with E-state index in [1.165, 1.54) is 0 Å². The van der Waals surface area contributed by atoms with Crippen molar-refractivity contribution in [1.82, 2.24) is 9.88 Å². The van der Waals surface area contributed by atoms with Crippen LogP contribution in [0.3, 0.4) is 0 Å². The Morgan fingerprint density at radius 2 is 2.53 bits per heavy atom. The van der Waals surface area contributed by atoms with Crippen LogP contribution in [0.5, 0.6) is 0 Å². The Hall–Kier alpha value is -1.17. The highest BCUT2D eigenvalue weighted by molar-refractivity contribution is 7.13. The van der Waals surface area contributed by atoms with Gasteiger partial charge in [-0.3, -0.25) is 4.90 Å². The molecule has 0 aliphatic carbocycles. The number of oxazole rings is 1. The van der Waals surface area contributed by atoms with Gasteiger partial charge in [-0.15, -0.1) is 11.3 Å². The van der Waals surface area contributed by atoms with Crippen LogP contribution >= 0.6 is 11.3 Å². The zero-order valence-electron chi connectivity index (χ0n) is 11.0. The van der Waals surface area contributed by atoms with E-state index in [9.17, 15) is 5.11 Å². The third-order valence-electron chi connectivity index (χ3n) is 3.67. The van der Waals surface area contributed by atoms with E-state index in [1.807, 2.05) is 24.4 Å². The summed E-state index contributed by atoms with van der Waals surface area (Å²) in [6, 6.07) is 4.05. The number of aliphatic hydroxyl groups excluding tert-OH is 1. The quantitative estimate of drug-likeness (QED) is 0.934. The van der Waals surface area contributed by atoms with Gasteiger partial charge >= 0.3 is 0 Å². The SMILES string of the molecule is C[C@@H](O)[C@@H]1CCN(Cc2ncc(-c3cccs3)o2)C1. The molecule has 0 aromatic carbocycles. The van der Waals surface area contributed by atoms with Crippen molar-refractivity contribution in [3.63, 3.8) is 0 Å². The molecular formula is C14H18N2O2S. The van der Waals surface area contributed by atoms with Gasteiger partial charge in [-0.05, 0) is 37.3 Å². The van der Waals surface area contributed by atoms with Crippen molar-refractivity contribution in [3.8, 4) is 10.6 Å². The topological polar surface area (TPSA) is 49.5 Å². The number of likely N-dealkylation sites (tertiary alicyclic amines) is 1. The number of hydrogen-bond donors (Lipinski definition) is 1. The lowest BCUT2D eigenvalue weighted by Gasteiger charge is -2.15. The minimum absolute atomic E-state index is 0.226. The molecule has 3 heterocycles. The van der Waals surface area contributed by atoms with E-state index in [-0.39, 0.29) is 6.10 Å². The molecule has 0 unspecified atom stereocenters. The molecule has 0 saturated carbocycles. The minimum atomic E-state index is -0.226. The highest BCUT2D eigenvalue weighted by Gasteiger charge is 2.26. The Balaban J connectivity index is 1.62. The maximum Gasteiger partial charge on any atom is 0.209 e. The van der Waals surface area contributed by atoms with Crippen LogP contribution in [0.2, 0.25) is 0 Å². The molecule has 2 atom stereocenters. The maximum atomic E-state index is 9.60. The second kappa shape index (κ2) is 5.45. The molecule has 0 spiro atoms. The Labute approximate surface area is 116 Å². The first kappa shape index (κ1) is 12.8. The van der Waals surface area contributed by atoms with Crippen LogP contribution in [0.1, 0.15) is 19.2 Å². The van der Waals surface area contributed by atoms with E-state index in [2.05, 4.69) is 9.88 Å². The van der Waals surface area contributed by atoms with Gasteiger partial charge < -0.3 is 9.52 Å². The fourth-order valence-corrected chi connectivity index (χ4v) is 3.18. The third kappa shape index (κ3) is 2.88. The van der Waals surface area contributed by atoms with E-state index >= 15 is 0 Å². The first-order valence-corrected chi connectivity index (χ1v) is 7.49. The molecule has 3 rings (SSSR count). The minimum Gasteiger partial charge on any atom is -0.438 e. The largest absolute Gasteiger partial charge is 0.438 e. The van der Waals surface area contributed by atoms with Gasteiger partial charge in [0.2, 0.25) is 5.89 Å². The smallest absolute Gasteiger partial charge is 0.209 e. The lowest BCUT2D eigenvalue weighted by molar-refractivity contribution is 0.126. The monoisotopic (exact) mass is 278 g/mol. The van der Waals surface area contributed by atoms with Gasteiger partial charge in [0.05, 0.1) is 23.7 Å². The van der Waals surface area contributed by atoms with E-state index in [0.29, 0.717) is 5.92 Å². The molecule has 1 saturated heterocycles. The summed E-state index contributed by atoms with van der Waals surface area (Å²) in [6.45, 7) is 4.53. The van der Waals surface area contributed by atoms with Gasteiger partial charge in [-0.1, -0.05) is 6.07 Å². The summed E-state index contributed by atoms with van der Waals surface area (Å²) >= 11 is 1.66. The predicted octanol–water partition coefficient (Wildman–Crippen LogP) is 2.61. The summed E-state index contributed by atoms with van der Waals surface area (Å²) in [6.07, 6.45) is 2.62. The van der Waals surface area contributed by atoms with Crippen LogP contribution in [-0.2, 0) is 6.54 Å². The molecule has 0 bridgehead atoms. The summed E-state index contributed by atoms with van der Waals surface area (Å²) in [4.78, 5) is 7.75. The summed E-state index contributed by atoms with van der Waals surface area (Å²) in [5.41, 5.74) is 0. The second-order valence-electron chi connectivity index (χ2n) is 5.12. The summed E-state index contributed by atoms with van der Waals surface area (Å²) in [5.74, 6) is 1.98. The molecule has 2 aromatic heterocycles. The predicted molar refractivity (Wildman–Crippen MR) is 74.9 cm³/mol. The van der Waals surface area contributed by atoms with Crippen LogP contribution in [0, 0.1) is 5.92 Å². The van der Waals surface area contributed by atoms with Gasteiger partial charge in [0.1, 0.15) is 0 Å². The molecule has 1 N–H and O–H groups in total. The van der Waals surface area contributed by atoms with E-state index in [0.717, 1.165) is 42.6 Å². The molecular weight excluding hydrogens is 260 g/mol. The molecule has 0 amide bonds. The normalized spacial score (nSPS) is 21.9. The van der Waals surface area contributed by atoms with Crippen molar-refractivity contribution < 1.29 is 9.52 Å². The molecule has 19 heavy (non-hydrogen) atoms. The van der Waals surface area contributed by atoms with Crippen molar-refractivity contribution >= 4 is 11.3 Å². The Bertz CT molecular complexity index is 521. The zero-order valence-corrected chi connectivity index (χ0v) is 11.8. The molecule has 2 aromatic rings. The standard InChI is InChI=1S/C14H18N2O2S/c1-10(17)11-4-5-16(8-11)9-14-15-7-12(18-14)13-3-2-6-19-13/h2-3,6-7,10-11,17H,4-5,8-9H2,1H3/t10-,11-/m1/s1. The van der Waals surface area contributed by atoms with E-state index in [1.54, 1.807) is 17.5 Å². The van der Waals surface area contributed by atoms with Gasteiger partial charge in [0.15, 0.2) is 5.76 Å². The average Bonchev–Trinajstić information content (AvgIpc) is 3.09. The van der Waals surface area contributed by atoms with Crippen LogP contribution < -0.4 is 0 Å². The van der Waals surface area contributed by atoms with Crippen LogP contribution in [0.4, 0.5) is 0 Å². The van der Waals surface area contributed by atoms with Gasteiger partial charge in [0, 0.05) is 6.54 Å². The van der Waals surface area contributed by atoms with Crippen molar-refractivity contribution in [3.05, 3.63) is 29.6 Å². The van der Waals surface area contributed by atoms with E-state index < -0.39 is 0 Å². The van der Waals surface area contributed by atoms with Crippen LogP contribution in [0.15, 0.2) is 28.1 Å². The number of aromatic nitrogens is 1. The first-order valence-electron chi connectivity index (χ1n) is 6.61. The first-order chi connectivity index (χ1) is 9.22. The average molecular weight is 278 g/mol. The highest BCUT2D eigenvalue weighted by atomic mass is 32.1. The number of aliphatic hydroxyl groups is 1. The molecule has 5 heteroatoms. The maximum absolute atomic E-state index is 9.60. The zero-order chi connectivity index (χ0) is 13.2. The van der Waals surface area contributed by atoms with Crippen molar-refractivity contribution in [1.29, 1.82) is 0 Å². The Morgan fingerprint density at radius 3 is 3.21 bits per heavy atom. The van der Waals surface area contributed by atoms with Gasteiger partial charge in [-0.2, -0.15) is 0 Å². The van der Waals surface area contributed by atoms with Crippen LogP contribution in [0.25, 0.3) is 10.6 Å². The molecule has 102 valence electrons. The highest BCUT2D eigenvalue weighted by Crippen LogP contribution is 2.26. The van der Waals surface area contributed by atoms with Crippen molar-refractivity contribution in [2.75, 3.05) is 13.1 Å². The lowest BCUT2D eigenvalue weighted by atomic mass is 10.0. The lowest BCUT2D eigenvalue weighted by Crippen LogP contribution is -2.24. The Morgan fingerprint density at radius 1 is 1.63 bits per heavy atom. The van der Waals surface area contributed by atoms with Gasteiger partial charge in [-0.25, -0.2) is 4.98 Å². The molecule has 1 aliphatic heterocycles. The number of nitrogens with zero attached hydrogens (tertiary/aromatic N) is 2. The number of thiophene rings is 1. The summed E-state index contributed by atoms with van der Waals surface area (Å²) in [7, 11) is 0. The fraction of sp³-hybridized carbons (Fsp3) is 0.500. The van der Waals surface area contributed by atoms with E-state index in [4.69, 9.17) is 4.42 Å². The van der Waals surface area contributed by atoms with Crippen molar-refractivity contribution in [2.24, 2.45) is 5.92 Å². The second-order valence-corrected chi connectivity index (χ2v) is 6.07. The molecule has 4 nitrogen and oxygen atoms in total.